The minimum Gasteiger partial charge on any atom is -0.324 e. The van der Waals surface area contributed by atoms with E-state index in [0.29, 0.717) is 6.04 Å². The van der Waals surface area contributed by atoms with E-state index in [-0.39, 0.29) is 0 Å². The van der Waals surface area contributed by atoms with Crippen LogP contribution in [0.25, 0.3) is 11.0 Å². The van der Waals surface area contributed by atoms with Crippen LogP contribution in [0, 0.1) is 5.92 Å². The Morgan fingerprint density at radius 2 is 2.10 bits per heavy atom. The fraction of sp³-hybridized carbons (Fsp3) is 0.389. The summed E-state index contributed by atoms with van der Waals surface area (Å²) in [5.41, 5.74) is 2.45. The quantitative estimate of drug-likeness (QED) is 0.661. The number of hydrogen-bond acceptors (Lipinski definition) is 2. The van der Waals surface area contributed by atoms with Crippen LogP contribution < -0.4 is 0 Å². The van der Waals surface area contributed by atoms with E-state index in [9.17, 15) is 0 Å². The third-order valence-electron chi connectivity index (χ3n) is 4.73. The number of para-hydroxylation sites is 2. The Labute approximate surface area is 129 Å². The van der Waals surface area contributed by atoms with Crippen LogP contribution in [0.2, 0.25) is 0 Å². The van der Waals surface area contributed by atoms with Gasteiger partial charge in [-0.2, -0.15) is 0 Å². The van der Waals surface area contributed by atoms with Crippen molar-refractivity contribution in [1.29, 1.82) is 0 Å². The zero-order valence-corrected chi connectivity index (χ0v) is 13.1. The molecule has 3 heteroatoms. The summed E-state index contributed by atoms with van der Waals surface area (Å²) in [6.45, 7) is 2.39. The van der Waals surface area contributed by atoms with Crippen molar-refractivity contribution in [3.63, 3.8) is 0 Å². The lowest BCUT2D eigenvalue weighted by Gasteiger charge is -2.21. The van der Waals surface area contributed by atoms with Gasteiger partial charge < -0.3 is 4.57 Å². The van der Waals surface area contributed by atoms with E-state index in [2.05, 4.69) is 53.3 Å². The summed E-state index contributed by atoms with van der Waals surface area (Å²) in [7, 11) is 0. The second-order valence-electron chi connectivity index (χ2n) is 6.12. The molecule has 0 aliphatic heterocycles. The van der Waals surface area contributed by atoms with Gasteiger partial charge in [-0.05, 0) is 42.3 Å². The van der Waals surface area contributed by atoms with E-state index in [1.807, 2.05) is 11.3 Å². The zero-order chi connectivity index (χ0) is 14.2. The molecule has 1 saturated carbocycles. The first-order valence-electron chi connectivity index (χ1n) is 7.81. The van der Waals surface area contributed by atoms with Crippen LogP contribution in [0.1, 0.15) is 42.9 Å². The highest BCUT2D eigenvalue weighted by atomic mass is 32.1. The van der Waals surface area contributed by atoms with Gasteiger partial charge in [0.1, 0.15) is 5.82 Å². The van der Waals surface area contributed by atoms with Gasteiger partial charge in [-0.3, -0.25) is 0 Å². The van der Waals surface area contributed by atoms with Crippen LogP contribution >= 0.6 is 11.3 Å². The van der Waals surface area contributed by atoms with Gasteiger partial charge in [0.2, 0.25) is 0 Å². The van der Waals surface area contributed by atoms with Gasteiger partial charge in [0.15, 0.2) is 0 Å². The topological polar surface area (TPSA) is 17.8 Å². The van der Waals surface area contributed by atoms with Gasteiger partial charge >= 0.3 is 0 Å². The van der Waals surface area contributed by atoms with E-state index in [0.717, 1.165) is 17.9 Å². The maximum Gasteiger partial charge on any atom is 0.115 e. The zero-order valence-electron chi connectivity index (χ0n) is 12.3. The Morgan fingerprint density at radius 1 is 1.19 bits per heavy atom. The van der Waals surface area contributed by atoms with Crippen LogP contribution in [0.5, 0.6) is 0 Å². The smallest absolute Gasteiger partial charge is 0.115 e. The van der Waals surface area contributed by atoms with Crippen LogP contribution in [0.3, 0.4) is 0 Å². The van der Waals surface area contributed by atoms with Crippen LogP contribution in [0.4, 0.5) is 0 Å². The third kappa shape index (κ3) is 2.30. The number of fused-ring (bicyclic) bond motifs is 1. The molecule has 0 bridgehead atoms. The summed E-state index contributed by atoms with van der Waals surface area (Å²) >= 11 is 1.83. The molecule has 4 rings (SSSR count). The van der Waals surface area contributed by atoms with Gasteiger partial charge in [-0.25, -0.2) is 4.98 Å². The van der Waals surface area contributed by atoms with Crippen molar-refractivity contribution < 1.29 is 0 Å². The summed E-state index contributed by atoms with van der Waals surface area (Å²) in [6, 6.07) is 13.6. The Balaban J connectivity index is 1.84. The van der Waals surface area contributed by atoms with Crippen molar-refractivity contribution in [3.8, 4) is 0 Å². The van der Waals surface area contributed by atoms with E-state index in [4.69, 9.17) is 4.98 Å². The summed E-state index contributed by atoms with van der Waals surface area (Å²) in [5.74, 6) is 1.99. The monoisotopic (exact) mass is 296 g/mol. The molecule has 1 aromatic carbocycles. The molecule has 0 N–H and O–H groups in total. The summed E-state index contributed by atoms with van der Waals surface area (Å²) in [4.78, 5) is 6.34. The Hall–Kier alpha value is -1.61. The molecule has 0 radical (unpaired) electrons. The maximum atomic E-state index is 4.94. The largest absolute Gasteiger partial charge is 0.324 e. The van der Waals surface area contributed by atoms with Gasteiger partial charge in [-0.15, -0.1) is 11.3 Å². The van der Waals surface area contributed by atoms with Crippen molar-refractivity contribution in [2.75, 3.05) is 0 Å². The molecule has 1 aliphatic carbocycles. The van der Waals surface area contributed by atoms with Gasteiger partial charge in [0, 0.05) is 17.3 Å². The maximum absolute atomic E-state index is 4.94. The van der Waals surface area contributed by atoms with Gasteiger partial charge in [0.05, 0.1) is 11.0 Å². The average Bonchev–Trinajstić information content (AvgIpc) is 3.19. The molecule has 2 nitrogen and oxygen atoms in total. The first-order valence-corrected chi connectivity index (χ1v) is 8.69. The number of nitrogens with zero attached hydrogens (tertiary/aromatic N) is 2. The van der Waals surface area contributed by atoms with Crippen molar-refractivity contribution in [2.45, 2.75) is 38.6 Å². The van der Waals surface area contributed by atoms with Crippen molar-refractivity contribution in [1.82, 2.24) is 9.55 Å². The molecular weight excluding hydrogens is 276 g/mol. The lowest BCUT2D eigenvalue weighted by Crippen LogP contribution is -2.14. The molecular formula is C18H20N2S. The number of imidazole rings is 1. The second-order valence-corrected chi connectivity index (χ2v) is 7.15. The molecule has 2 aromatic heterocycles. The first-order chi connectivity index (χ1) is 10.3. The van der Waals surface area contributed by atoms with Crippen LogP contribution in [0.15, 0.2) is 41.8 Å². The summed E-state index contributed by atoms with van der Waals surface area (Å²) in [5, 5.41) is 2.15. The predicted octanol–water partition coefficient (Wildman–Crippen LogP) is 5.05. The highest BCUT2D eigenvalue weighted by molar-refractivity contribution is 7.09. The van der Waals surface area contributed by atoms with Crippen molar-refractivity contribution >= 4 is 22.4 Å². The number of aromatic nitrogens is 2. The number of thiophene rings is 1. The molecule has 1 aliphatic rings. The highest BCUT2D eigenvalue weighted by Gasteiger charge is 2.28. The van der Waals surface area contributed by atoms with E-state index in [1.165, 1.54) is 35.5 Å². The Bertz CT molecular complexity index is 742. The first kappa shape index (κ1) is 13.1. The lowest BCUT2D eigenvalue weighted by molar-refractivity contribution is 0.407. The fourth-order valence-electron chi connectivity index (χ4n) is 3.67. The highest BCUT2D eigenvalue weighted by Crippen LogP contribution is 2.38. The standard InChI is InChI=1S/C18H20N2S/c1-13-6-4-10-16(13)20-17-9-3-2-8-15(17)19-18(20)12-14-7-5-11-21-14/h2-3,5,7-9,11,13,16H,4,6,10,12H2,1H3. The van der Waals surface area contributed by atoms with Gasteiger partial charge in [0.25, 0.3) is 0 Å². The average molecular weight is 296 g/mol. The Kier molecular flexibility index (Phi) is 3.30. The molecule has 3 aromatic rings. The molecule has 0 amide bonds. The normalized spacial score (nSPS) is 22.1. The Morgan fingerprint density at radius 3 is 2.86 bits per heavy atom. The summed E-state index contributed by atoms with van der Waals surface area (Å²) < 4.78 is 2.53. The SMILES string of the molecule is CC1CCCC1n1c(Cc2cccs2)nc2ccccc21. The number of benzene rings is 1. The molecule has 1 fully saturated rings. The predicted molar refractivity (Wildman–Crippen MR) is 88.9 cm³/mol. The minimum atomic E-state index is 0.618. The molecule has 108 valence electrons. The molecule has 2 heterocycles. The molecule has 0 saturated heterocycles. The minimum absolute atomic E-state index is 0.618. The molecule has 2 atom stereocenters. The van der Waals surface area contributed by atoms with E-state index in [1.54, 1.807) is 0 Å². The van der Waals surface area contributed by atoms with Crippen LogP contribution in [-0.4, -0.2) is 9.55 Å². The molecule has 21 heavy (non-hydrogen) atoms. The summed E-state index contributed by atoms with van der Waals surface area (Å²) in [6.07, 6.45) is 4.93. The number of rotatable bonds is 3. The second kappa shape index (κ2) is 5.30. The van der Waals surface area contributed by atoms with E-state index < -0.39 is 0 Å². The van der Waals surface area contributed by atoms with Gasteiger partial charge in [-0.1, -0.05) is 31.5 Å². The number of hydrogen-bond donors (Lipinski definition) is 0. The van der Waals surface area contributed by atoms with Crippen LogP contribution in [-0.2, 0) is 6.42 Å². The van der Waals surface area contributed by atoms with Crippen molar-refractivity contribution in [2.24, 2.45) is 5.92 Å². The lowest BCUT2D eigenvalue weighted by atomic mass is 10.1. The van der Waals surface area contributed by atoms with Crippen molar-refractivity contribution in [3.05, 3.63) is 52.5 Å². The fourth-order valence-corrected chi connectivity index (χ4v) is 4.37. The van der Waals surface area contributed by atoms with E-state index >= 15 is 0 Å². The molecule has 2 unspecified atom stereocenters. The third-order valence-corrected chi connectivity index (χ3v) is 5.61. The molecule has 0 spiro atoms.